The lowest BCUT2D eigenvalue weighted by molar-refractivity contribution is -0.118. The summed E-state index contributed by atoms with van der Waals surface area (Å²) in [6.07, 6.45) is 1.41. The van der Waals surface area contributed by atoms with Crippen LogP contribution in [0.15, 0.2) is 47.2 Å². The molecule has 0 unspecified atom stereocenters. The number of halogens is 2. The molecular formula is C17H13BrClN3O2. The van der Waals surface area contributed by atoms with Crippen LogP contribution >= 0.6 is 27.5 Å². The van der Waals surface area contributed by atoms with E-state index in [-0.39, 0.29) is 12.5 Å². The fourth-order valence-electron chi connectivity index (χ4n) is 2.12. The molecule has 122 valence electrons. The quantitative estimate of drug-likeness (QED) is 0.699. The van der Waals surface area contributed by atoms with Crippen LogP contribution in [0.4, 0.5) is 5.69 Å². The average molecular weight is 407 g/mol. The SMILES string of the molecule is Cc1ccc(NC(=O)COc2ncnc3ccc(Br)cc23)cc1Cl. The van der Waals surface area contributed by atoms with E-state index in [2.05, 4.69) is 31.2 Å². The normalized spacial score (nSPS) is 10.6. The van der Waals surface area contributed by atoms with Crippen LogP contribution in [0.5, 0.6) is 5.88 Å². The number of rotatable bonds is 4. The smallest absolute Gasteiger partial charge is 0.262 e. The Balaban J connectivity index is 1.70. The molecule has 0 aliphatic rings. The molecule has 0 aliphatic carbocycles. The number of benzene rings is 2. The number of ether oxygens (including phenoxy) is 1. The molecule has 2 aromatic carbocycles. The lowest BCUT2D eigenvalue weighted by Gasteiger charge is -2.09. The fraction of sp³-hybridized carbons (Fsp3) is 0.118. The first-order chi connectivity index (χ1) is 11.5. The van der Waals surface area contributed by atoms with Crippen molar-refractivity contribution in [3.05, 3.63) is 57.8 Å². The Hall–Kier alpha value is -2.18. The zero-order valence-electron chi connectivity index (χ0n) is 12.7. The summed E-state index contributed by atoms with van der Waals surface area (Å²) in [4.78, 5) is 20.3. The van der Waals surface area contributed by atoms with E-state index in [4.69, 9.17) is 16.3 Å². The highest BCUT2D eigenvalue weighted by Gasteiger charge is 2.09. The molecule has 0 aliphatic heterocycles. The Morgan fingerprint density at radius 3 is 2.88 bits per heavy atom. The second-order valence-corrected chi connectivity index (χ2v) is 6.46. The van der Waals surface area contributed by atoms with Crippen molar-refractivity contribution in [2.45, 2.75) is 6.92 Å². The molecule has 1 heterocycles. The number of aryl methyl sites for hydroxylation is 1. The molecule has 0 radical (unpaired) electrons. The summed E-state index contributed by atoms with van der Waals surface area (Å²) in [5.41, 5.74) is 2.31. The molecule has 0 saturated heterocycles. The summed E-state index contributed by atoms with van der Waals surface area (Å²) in [5, 5.41) is 4.07. The van der Waals surface area contributed by atoms with Gasteiger partial charge in [0.25, 0.3) is 5.91 Å². The third kappa shape index (κ3) is 3.83. The van der Waals surface area contributed by atoms with E-state index in [1.54, 1.807) is 12.1 Å². The molecule has 5 nitrogen and oxygen atoms in total. The summed E-state index contributed by atoms with van der Waals surface area (Å²) >= 11 is 9.45. The van der Waals surface area contributed by atoms with Gasteiger partial charge in [0.15, 0.2) is 6.61 Å². The van der Waals surface area contributed by atoms with Crippen LogP contribution in [0.1, 0.15) is 5.56 Å². The first-order valence-electron chi connectivity index (χ1n) is 7.12. The van der Waals surface area contributed by atoms with Gasteiger partial charge in [0.2, 0.25) is 5.88 Å². The standard InChI is InChI=1S/C17H13BrClN3O2/c1-10-2-4-12(7-14(10)19)22-16(23)8-24-17-13-6-11(18)3-5-15(13)20-9-21-17/h2-7,9H,8H2,1H3,(H,22,23). The van der Waals surface area contributed by atoms with Crippen molar-refractivity contribution in [2.24, 2.45) is 0 Å². The molecule has 0 bridgehead atoms. The Kier molecular flexibility index (Phi) is 4.97. The number of fused-ring (bicyclic) bond motifs is 1. The van der Waals surface area contributed by atoms with Crippen molar-refractivity contribution in [2.75, 3.05) is 11.9 Å². The Morgan fingerprint density at radius 2 is 2.08 bits per heavy atom. The monoisotopic (exact) mass is 405 g/mol. The maximum atomic E-state index is 12.1. The number of hydrogen-bond donors (Lipinski definition) is 1. The molecule has 1 N–H and O–H groups in total. The minimum atomic E-state index is -0.295. The van der Waals surface area contributed by atoms with E-state index in [0.29, 0.717) is 16.6 Å². The summed E-state index contributed by atoms with van der Waals surface area (Å²) < 4.78 is 6.43. The average Bonchev–Trinajstić information content (AvgIpc) is 2.56. The molecule has 24 heavy (non-hydrogen) atoms. The van der Waals surface area contributed by atoms with Crippen LogP contribution in [0, 0.1) is 6.92 Å². The largest absolute Gasteiger partial charge is 0.467 e. The second-order valence-electron chi connectivity index (χ2n) is 5.14. The number of carbonyl (C=O) groups excluding carboxylic acids is 1. The summed E-state index contributed by atoms with van der Waals surface area (Å²) in [6, 6.07) is 10.9. The van der Waals surface area contributed by atoms with Gasteiger partial charge in [-0.3, -0.25) is 4.79 Å². The van der Waals surface area contributed by atoms with Crippen LogP contribution in [-0.4, -0.2) is 22.5 Å². The van der Waals surface area contributed by atoms with Crippen molar-refractivity contribution in [1.29, 1.82) is 0 Å². The number of anilines is 1. The van der Waals surface area contributed by atoms with Gasteiger partial charge in [0, 0.05) is 15.2 Å². The Bertz CT molecular complexity index is 917. The van der Waals surface area contributed by atoms with Crippen molar-refractivity contribution >= 4 is 50.0 Å². The maximum Gasteiger partial charge on any atom is 0.262 e. The highest BCUT2D eigenvalue weighted by atomic mass is 79.9. The van der Waals surface area contributed by atoms with Gasteiger partial charge >= 0.3 is 0 Å². The molecule has 3 rings (SSSR count). The molecule has 0 saturated carbocycles. The number of aromatic nitrogens is 2. The van der Waals surface area contributed by atoms with Crippen LogP contribution in [-0.2, 0) is 4.79 Å². The van der Waals surface area contributed by atoms with Gasteiger partial charge < -0.3 is 10.1 Å². The molecule has 0 fully saturated rings. The van der Waals surface area contributed by atoms with E-state index < -0.39 is 0 Å². The van der Waals surface area contributed by atoms with Gasteiger partial charge in [0.05, 0.1) is 10.9 Å². The number of nitrogens with one attached hydrogen (secondary N) is 1. The van der Waals surface area contributed by atoms with Gasteiger partial charge in [-0.2, -0.15) is 0 Å². The lowest BCUT2D eigenvalue weighted by atomic mass is 10.2. The summed E-state index contributed by atoms with van der Waals surface area (Å²) in [7, 11) is 0. The fourth-order valence-corrected chi connectivity index (χ4v) is 2.66. The minimum Gasteiger partial charge on any atom is -0.467 e. The highest BCUT2D eigenvalue weighted by molar-refractivity contribution is 9.10. The molecule has 1 aromatic heterocycles. The topological polar surface area (TPSA) is 64.1 Å². The van der Waals surface area contributed by atoms with E-state index >= 15 is 0 Å². The van der Waals surface area contributed by atoms with Crippen LogP contribution in [0.3, 0.4) is 0 Å². The number of carbonyl (C=O) groups is 1. The minimum absolute atomic E-state index is 0.163. The van der Waals surface area contributed by atoms with Crippen molar-refractivity contribution in [3.8, 4) is 5.88 Å². The second kappa shape index (κ2) is 7.15. The third-order valence-corrected chi connectivity index (χ3v) is 4.26. The molecule has 3 aromatic rings. The Labute approximate surface area is 152 Å². The van der Waals surface area contributed by atoms with Gasteiger partial charge in [-0.05, 0) is 42.8 Å². The number of amides is 1. The maximum absolute atomic E-state index is 12.1. The van der Waals surface area contributed by atoms with E-state index in [1.165, 1.54) is 6.33 Å². The molecule has 7 heteroatoms. The summed E-state index contributed by atoms with van der Waals surface area (Å²) in [5.74, 6) is 0.0649. The van der Waals surface area contributed by atoms with Crippen LogP contribution in [0.2, 0.25) is 5.02 Å². The van der Waals surface area contributed by atoms with E-state index in [0.717, 1.165) is 20.9 Å². The molecule has 1 amide bonds. The predicted octanol–water partition coefficient (Wildman–Crippen LogP) is 4.37. The lowest BCUT2D eigenvalue weighted by Crippen LogP contribution is -2.20. The molecule has 0 spiro atoms. The van der Waals surface area contributed by atoms with Crippen LogP contribution in [0.25, 0.3) is 10.9 Å². The zero-order valence-corrected chi connectivity index (χ0v) is 15.1. The highest BCUT2D eigenvalue weighted by Crippen LogP contribution is 2.25. The van der Waals surface area contributed by atoms with Crippen molar-refractivity contribution in [3.63, 3.8) is 0 Å². The molecule has 0 atom stereocenters. The third-order valence-electron chi connectivity index (χ3n) is 3.36. The predicted molar refractivity (Wildman–Crippen MR) is 97.6 cm³/mol. The summed E-state index contributed by atoms with van der Waals surface area (Å²) in [6.45, 7) is 1.74. The Morgan fingerprint density at radius 1 is 1.25 bits per heavy atom. The van der Waals surface area contributed by atoms with Gasteiger partial charge in [-0.15, -0.1) is 0 Å². The van der Waals surface area contributed by atoms with Gasteiger partial charge in [0.1, 0.15) is 6.33 Å². The van der Waals surface area contributed by atoms with E-state index in [9.17, 15) is 4.79 Å². The zero-order chi connectivity index (χ0) is 17.1. The number of nitrogens with zero attached hydrogens (tertiary/aromatic N) is 2. The van der Waals surface area contributed by atoms with Gasteiger partial charge in [-0.25, -0.2) is 9.97 Å². The first-order valence-corrected chi connectivity index (χ1v) is 8.29. The molecular weight excluding hydrogens is 394 g/mol. The van der Waals surface area contributed by atoms with Gasteiger partial charge in [-0.1, -0.05) is 33.6 Å². The number of hydrogen-bond acceptors (Lipinski definition) is 4. The first kappa shape index (κ1) is 16.7. The van der Waals surface area contributed by atoms with E-state index in [1.807, 2.05) is 31.2 Å². The van der Waals surface area contributed by atoms with Crippen molar-refractivity contribution in [1.82, 2.24) is 9.97 Å². The van der Waals surface area contributed by atoms with Crippen LogP contribution < -0.4 is 10.1 Å². The van der Waals surface area contributed by atoms with Crippen molar-refractivity contribution < 1.29 is 9.53 Å².